The molecule has 0 heterocycles. The van der Waals surface area contributed by atoms with E-state index in [9.17, 15) is 4.79 Å². The smallest absolute Gasteiger partial charge is 0.333 e. The van der Waals surface area contributed by atoms with Crippen molar-refractivity contribution in [1.82, 2.24) is 0 Å². The topological polar surface area (TPSA) is 35.5 Å². The summed E-state index contributed by atoms with van der Waals surface area (Å²) in [6.07, 6.45) is 8.58. The number of hydrogen-bond donors (Lipinski definition) is 0. The molecule has 0 amide bonds. The molecule has 4 bridgehead atoms. The number of carbonyl (C=O) groups excluding carboxylic acids is 1. The highest BCUT2D eigenvalue weighted by Crippen LogP contribution is 2.60. The molecule has 4 rings (SSSR count). The fourth-order valence-electron chi connectivity index (χ4n) is 4.85. The molecule has 0 aliphatic heterocycles. The second-order valence-electron chi connectivity index (χ2n) is 7.05. The fraction of sp³-hybridized carbons (Fsp3) is 0.812. The van der Waals surface area contributed by atoms with Crippen LogP contribution in [0.15, 0.2) is 12.2 Å². The molecule has 4 saturated carbocycles. The normalized spacial score (nSPS) is 41.7. The average Bonchev–Trinajstić information content (AvgIpc) is 2.34. The maximum Gasteiger partial charge on any atom is 0.333 e. The van der Waals surface area contributed by atoms with E-state index in [0.29, 0.717) is 17.4 Å². The third kappa shape index (κ3) is 2.52. The zero-order valence-corrected chi connectivity index (χ0v) is 13.3. The Morgan fingerprint density at radius 2 is 1.85 bits per heavy atom. The summed E-state index contributed by atoms with van der Waals surface area (Å²) < 4.78 is 12.1. The number of ether oxygens (including phenoxy) is 2. The molecule has 0 saturated heterocycles. The average molecular weight is 296 g/mol. The Kier molecular flexibility index (Phi) is 3.66. The summed E-state index contributed by atoms with van der Waals surface area (Å²) in [5, 5.41) is 0. The lowest BCUT2D eigenvalue weighted by Gasteiger charge is -2.60. The first-order valence-corrected chi connectivity index (χ1v) is 8.87. The van der Waals surface area contributed by atoms with Gasteiger partial charge in [-0.2, -0.15) is 0 Å². The summed E-state index contributed by atoms with van der Waals surface area (Å²) >= 11 is 1.72. The zero-order chi connectivity index (χ0) is 14.4. The van der Waals surface area contributed by atoms with E-state index in [-0.39, 0.29) is 17.2 Å². The van der Waals surface area contributed by atoms with Crippen molar-refractivity contribution < 1.29 is 14.3 Å². The van der Waals surface area contributed by atoms with Gasteiger partial charge in [0.05, 0.1) is 11.5 Å². The van der Waals surface area contributed by atoms with Crippen LogP contribution in [-0.4, -0.2) is 29.4 Å². The van der Waals surface area contributed by atoms with Gasteiger partial charge in [-0.3, -0.25) is 0 Å². The lowest BCUT2D eigenvalue weighted by atomic mass is 9.52. The van der Waals surface area contributed by atoms with Gasteiger partial charge in [0.2, 0.25) is 0 Å². The van der Waals surface area contributed by atoms with Crippen molar-refractivity contribution in [2.45, 2.75) is 56.7 Å². The molecule has 112 valence electrons. The van der Waals surface area contributed by atoms with Gasteiger partial charge in [0, 0.05) is 12.0 Å². The maximum atomic E-state index is 12.0. The van der Waals surface area contributed by atoms with Crippen LogP contribution in [0.5, 0.6) is 0 Å². The van der Waals surface area contributed by atoms with Gasteiger partial charge in [-0.15, -0.1) is 11.8 Å². The van der Waals surface area contributed by atoms with Gasteiger partial charge in [0.25, 0.3) is 0 Å². The van der Waals surface area contributed by atoms with Crippen molar-refractivity contribution >= 4 is 17.7 Å². The zero-order valence-electron chi connectivity index (χ0n) is 12.4. The molecular weight excluding hydrogens is 272 g/mol. The Hall–Kier alpha value is -0.480. The summed E-state index contributed by atoms with van der Waals surface area (Å²) in [6, 6.07) is 0. The number of thioether (sulfide) groups is 1. The van der Waals surface area contributed by atoms with Crippen molar-refractivity contribution in [2.75, 3.05) is 12.2 Å². The van der Waals surface area contributed by atoms with Crippen molar-refractivity contribution in [2.24, 2.45) is 11.8 Å². The second kappa shape index (κ2) is 5.06. The summed E-state index contributed by atoms with van der Waals surface area (Å²) in [5.41, 5.74) is 0.181. The molecule has 0 N–H and O–H groups in total. The number of hydrogen-bond acceptors (Lipinski definition) is 4. The molecule has 2 atom stereocenters. The molecule has 20 heavy (non-hydrogen) atoms. The Morgan fingerprint density at radius 3 is 2.40 bits per heavy atom. The van der Waals surface area contributed by atoms with Crippen LogP contribution < -0.4 is 0 Å². The molecule has 0 aromatic heterocycles. The highest BCUT2D eigenvalue weighted by atomic mass is 32.2. The van der Waals surface area contributed by atoms with Crippen molar-refractivity contribution in [3.05, 3.63) is 12.2 Å². The van der Waals surface area contributed by atoms with E-state index in [0.717, 1.165) is 38.0 Å². The minimum Gasteiger partial charge on any atom is -0.456 e. The predicted molar refractivity (Wildman–Crippen MR) is 80.5 cm³/mol. The Labute approximate surface area is 125 Å². The fourth-order valence-corrected chi connectivity index (χ4v) is 5.22. The molecule has 4 aliphatic rings. The SMILES string of the molecule is C=C(C)C(=O)OC12CC3CC(CC(OCSC)(C3)C1)C2. The van der Waals surface area contributed by atoms with Gasteiger partial charge in [-0.05, 0) is 57.1 Å². The van der Waals surface area contributed by atoms with E-state index in [1.54, 1.807) is 18.7 Å². The molecule has 0 radical (unpaired) electrons. The second-order valence-corrected chi connectivity index (χ2v) is 7.86. The first-order chi connectivity index (χ1) is 9.46. The molecule has 2 unspecified atom stereocenters. The van der Waals surface area contributed by atoms with Crippen LogP contribution in [0.3, 0.4) is 0 Å². The van der Waals surface area contributed by atoms with Gasteiger partial charge in [0.1, 0.15) is 5.60 Å². The maximum absolute atomic E-state index is 12.0. The van der Waals surface area contributed by atoms with Gasteiger partial charge >= 0.3 is 5.97 Å². The summed E-state index contributed by atoms with van der Waals surface area (Å²) in [4.78, 5) is 12.0. The first-order valence-electron chi connectivity index (χ1n) is 7.48. The van der Waals surface area contributed by atoms with Crippen LogP contribution in [0.25, 0.3) is 0 Å². The van der Waals surface area contributed by atoms with E-state index in [1.807, 2.05) is 0 Å². The largest absolute Gasteiger partial charge is 0.456 e. The molecule has 4 heteroatoms. The van der Waals surface area contributed by atoms with Crippen molar-refractivity contribution in [3.8, 4) is 0 Å². The van der Waals surface area contributed by atoms with Crippen LogP contribution in [0.2, 0.25) is 0 Å². The third-order valence-corrected chi connectivity index (χ3v) is 5.45. The highest BCUT2D eigenvalue weighted by Gasteiger charge is 2.60. The molecule has 4 fully saturated rings. The van der Waals surface area contributed by atoms with Crippen molar-refractivity contribution in [3.63, 3.8) is 0 Å². The minimum absolute atomic E-state index is 0.0392. The van der Waals surface area contributed by atoms with E-state index in [2.05, 4.69) is 12.8 Å². The van der Waals surface area contributed by atoms with Crippen LogP contribution in [0, 0.1) is 11.8 Å². The molecule has 3 nitrogen and oxygen atoms in total. The third-order valence-electron chi connectivity index (χ3n) is 5.09. The van der Waals surface area contributed by atoms with Crippen LogP contribution >= 0.6 is 11.8 Å². The van der Waals surface area contributed by atoms with Gasteiger partial charge in [-0.1, -0.05) is 6.58 Å². The standard InChI is InChI=1S/C16H24O3S/c1-11(2)14(17)19-16-7-12-4-13(8-16)6-15(5-12,9-16)18-10-20-3/h12-13H,1,4-10H2,2-3H3. The molecular formula is C16H24O3S. The lowest BCUT2D eigenvalue weighted by Crippen LogP contribution is -2.61. The molecule has 0 aromatic carbocycles. The molecule has 4 aliphatic carbocycles. The Balaban J connectivity index is 1.79. The summed E-state index contributed by atoms with van der Waals surface area (Å²) in [5.74, 6) is 1.84. The minimum atomic E-state index is -0.279. The Morgan fingerprint density at radius 1 is 1.25 bits per heavy atom. The van der Waals surface area contributed by atoms with E-state index >= 15 is 0 Å². The highest BCUT2D eigenvalue weighted by molar-refractivity contribution is 7.98. The van der Waals surface area contributed by atoms with Gasteiger partial charge < -0.3 is 9.47 Å². The molecule has 0 spiro atoms. The molecule has 0 aromatic rings. The lowest BCUT2D eigenvalue weighted by molar-refractivity contribution is -0.226. The number of rotatable bonds is 5. The summed E-state index contributed by atoms with van der Waals surface area (Å²) in [6.45, 7) is 5.44. The number of esters is 1. The van der Waals surface area contributed by atoms with Crippen LogP contribution in [0.1, 0.15) is 45.4 Å². The van der Waals surface area contributed by atoms with E-state index in [1.165, 1.54) is 6.42 Å². The predicted octanol–water partition coefficient (Wildman–Crippen LogP) is 3.53. The van der Waals surface area contributed by atoms with Crippen molar-refractivity contribution in [1.29, 1.82) is 0 Å². The monoisotopic (exact) mass is 296 g/mol. The van der Waals surface area contributed by atoms with Gasteiger partial charge in [-0.25, -0.2) is 4.79 Å². The van der Waals surface area contributed by atoms with Gasteiger partial charge in [0.15, 0.2) is 0 Å². The Bertz CT molecular complexity index is 417. The summed E-state index contributed by atoms with van der Waals surface area (Å²) in [7, 11) is 0. The first kappa shape index (κ1) is 14.5. The van der Waals surface area contributed by atoms with E-state index in [4.69, 9.17) is 9.47 Å². The quantitative estimate of drug-likeness (QED) is 0.442. The van der Waals surface area contributed by atoms with E-state index < -0.39 is 0 Å². The van der Waals surface area contributed by atoms with Crippen LogP contribution in [0.4, 0.5) is 0 Å². The van der Waals surface area contributed by atoms with Crippen LogP contribution in [-0.2, 0) is 14.3 Å². The number of carbonyl (C=O) groups is 1.